The number of likely N-dealkylation sites (N-methyl/N-ethyl adjacent to an activating group) is 1. The topological polar surface area (TPSA) is 58.3 Å². The van der Waals surface area contributed by atoms with Gasteiger partial charge in [-0.25, -0.2) is 9.40 Å². The summed E-state index contributed by atoms with van der Waals surface area (Å²) < 4.78 is 24.8. The first-order valence-electron chi connectivity index (χ1n) is 10.0. The van der Waals surface area contributed by atoms with Crippen molar-refractivity contribution in [2.45, 2.75) is 19.0 Å². The van der Waals surface area contributed by atoms with Crippen molar-refractivity contribution in [3.05, 3.63) is 89.6 Å². The molecule has 0 saturated carbocycles. The molecular formula is C24H24FN3O3. The van der Waals surface area contributed by atoms with Gasteiger partial charge in [0.05, 0.1) is 25.6 Å². The fraction of sp³-hybridized carbons (Fsp3) is 0.250. The van der Waals surface area contributed by atoms with E-state index in [1.165, 1.54) is 11.1 Å². The van der Waals surface area contributed by atoms with E-state index < -0.39 is 0 Å². The third kappa shape index (κ3) is 4.67. The van der Waals surface area contributed by atoms with Crippen molar-refractivity contribution in [1.82, 2.24) is 9.91 Å². The Hall–Kier alpha value is -3.45. The maximum Gasteiger partial charge on any atom is 0.257 e. The molecule has 4 rings (SSSR count). The van der Waals surface area contributed by atoms with Crippen molar-refractivity contribution in [1.29, 1.82) is 0 Å². The van der Waals surface area contributed by atoms with E-state index in [0.29, 0.717) is 24.3 Å². The highest BCUT2D eigenvalue weighted by molar-refractivity contribution is 6.03. The molecule has 0 bridgehead atoms. The Kier molecular flexibility index (Phi) is 6.13. The highest BCUT2D eigenvalue weighted by Crippen LogP contribution is 2.33. The van der Waals surface area contributed by atoms with E-state index in [9.17, 15) is 9.18 Å². The predicted molar refractivity (Wildman–Crippen MR) is 115 cm³/mol. The van der Waals surface area contributed by atoms with Crippen LogP contribution in [0.15, 0.2) is 76.4 Å². The molecule has 0 N–H and O–H groups in total. The van der Waals surface area contributed by atoms with Crippen LogP contribution in [0.3, 0.4) is 0 Å². The lowest BCUT2D eigenvalue weighted by molar-refractivity contribution is -0.134. The Bertz CT molecular complexity index is 1060. The number of benzene rings is 2. The summed E-state index contributed by atoms with van der Waals surface area (Å²) in [6.07, 6.45) is 2.14. The molecule has 0 unspecified atom stereocenters. The Morgan fingerprint density at radius 2 is 1.97 bits per heavy atom. The SMILES string of the molecule is COc1ccc(C2=NN(C(=O)CN(C)Cc3ccccc3F)[C@@H](c3ccco3)C2)cc1. The molecule has 1 aliphatic heterocycles. The Morgan fingerprint density at radius 1 is 1.19 bits per heavy atom. The molecular weight excluding hydrogens is 397 g/mol. The van der Waals surface area contributed by atoms with Crippen LogP contribution >= 0.6 is 0 Å². The second-order valence-electron chi connectivity index (χ2n) is 7.51. The van der Waals surface area contributed by atoms with Crippen LogP contribution in [-0.4, -0.2) is 42.2 Å². The van der Waals surface area contributed by atoms with Crippen LogP contribution < -0.4 is 4.74 Å². The fourth-order valence-electron chi connectivity index (χ4n) is 3.68. The van der Waals surface area contributed by atoms with Crippen LogP contribution in [0.4, 0.5) is 4.39 Å². The second kappa shape index (κ2) is 9.14. The normalized spacial score (nSPS) is 15.9. The molecule has 0 radical (unpaired) electrons. The summed E-state index contributed by atoms with van der Waals surface area (Å²) in [4.78, 5) is 14.9. The molecule has 7 heteroatoms. The molecule has 0 fully saturated rings. The van der Waals surface area contributed by atoms with Crippen molar-refractivity contribution in [3.8, 4) is 5.75 Å². The van der Waals surface area contributed by atoms with E-state index >= 15 is 0 Å². The quantitative estimate of drug-likeness (QED) is 0.573. The molecule has 31 heavy (non-hydrogen) atoms. The van der Waals surface area contributed by atoms with Crippen molar-refractivity contribution >= 4 is 11.6 Å². The molecule has 1 atom stereocenters. The van der Waals surface area contributed by atoms with Crippen LogP contribution in [0.25, 0.3) is 0 Å². The molecule has 0 aliphatic carbocycles. The van der Waals surface area contributed by atoms with Gasteiger partial charge in [-0.3, -0.25) is 9.69 Å². The molecule has 160 valence electrons. The smallest absolute Gasteiger partial charge is 0.257 e. The lowest BCUT2D eigenvalue weighted by atomic mass is 10.0. The maximum absolute atomic E-state index is 14.0. The van der Waals surface area contributed by atoms with Gasteiger partial charge in [-0.05, 0) is 55.1 Å². The van der Waals surface area contributed by atoms with Crippen molar-refractivity contribution in [3.63, 3.8) is 0 Å². The summed E-state index contributed by atoms with van der Waals surface area (Å²) in [5.41, 5.74) is 2.27. The van der Waals surface area contributed by atoms with Gasteiger partial charge in [0.25, 0.3) is 5.91 Å². The summed E-state index contributed by atoms with van der Waals surface area (Å²) in [7, 11) is 3.41. The third-order valence-corrected chi connectivity index (χ3v) is 5.26. The number of amides is 1. The number of nitrogens with zero attached hydrogens (tertiary/aromatic N) is 3. The van der Waals surface area contributed by atoms with Gasteiger partial charge in [-0.15, -0.1) is 0 Å². The summed E-state index contributed by atoms with van der Waals surface area (Å²) >= 11 is 0. The van der Waals surface area contributed by atoms with Gasteiger partial charge in [-0.1, -0.05) is 18.2 Å². The largest absolute Gasteiger partial charge is 0.497 e. The second-order valence-corrected chi connectivity index (χ2v) is 7.51. The zero-order valence-electron chi connectivity index (χ0n) is 17.5. The van der Waals surface area contributed by atoms with Gasteiger partial charge < -0.3 is 9.15 Å². The minimum atomic E-state index is -0.318. The summed E-state index contributed by atoms with van der Waals surface area (Å²) in [6, 6.07) is 17.5. The Balaban J connectivity index is 1.52. The van der Waals surface area contributed by atoms with Crippen LogP contribution in [0, 0.1) is 5.82 Å². The van der Waals surface area contributed by atoms with Gasteiger partial charge in [0.15, 0.2) is 0 Å². The van der Waals surface area contributed by atoms with E-state index in [2.05, 4.69) is 5.10 Å². The summed E-state index contributed by atoms with van der Waals surface area (Å²) in [6.45, 7) is 0.428. The number of hydrogen-bond donors (Lipinski definition) is 0. The van der Waals surface area contributed by atoms with Crippen molar-refractivity contribution in [2.75, 3.05) is 20.7 Å². The molecule has 1 aliphatic rings. The first kappa shape index (κ1) is 20.8. The van der Waals surface area contributed by atoms with Gasteiger partial charge in [0.2, 0.25) is 0 Å². The molecule has 6 nitrogen and oxygen atoms in total. The van der Waals surface area contributed by atoms with E-state index in [4.69, 9.17) is 9.15 Å². The number of halogens is 1. The predicted octanol–water partition coefficient (Wildman–Crippen LogP) is 4.24. The first-order valence-corrected chi connectivity index (χ1v) is 10.0. The summed E-state index contributed by atoms with van der Waals surface area (Å²) in [5, 5.41) is 6.11. The number of carbonyl (C=O) groups excluding carboxylic acids is 1. The number of carbonyl (C=O) groups is 1. The molecule has 1 amide bonds. The fourth-order valence-corrected chi connectivity index (χ4v) is 3.68. The lowest BCUT2D eigenvalue weighted by Crippen LogP contribution is -2.36. The minimum Gasteiger partial charge on any atom is -0.497 e. The van der Waals surface area contributed by atoms with Crippen LogP contribution in [0.1, 0.15) is 29.3 Å². The maximum atomic E-state index is 14.0. The standard InChI is InChI=1S/C24H24FN3O3/c1-27(15-18-6-3-4-7-20(18)25)16-24(29)28-22(23-8-5-13-31-23)14-21(26-28)17-9-11-19(30-2)12-10-17/h3-13,22H,14-16H2,1-2H3/t22-/m1/s1. The number of hydrogen-bond acceptors (Lipinski definition) is 5. The lowest BCUT2D eigenvalue weighted by Gasteiger charge is -2.23. The van der Waals surface area contributed by atoms with Crippen molar-refractivity contribution < 1.29 is 18.3 Å². The molecule has 3 aromatic rings. The Labute approximate surface area is 180 Å². The highest BCUT2D eigenvalue weighted by atomic mass is 19.1. The number of furan rings is 1. The Morgan fingerprint density at radius 3 is 2.65 bits per heavy atom. The first-order chi connectivity index (χ1) is 15.0. The summed E-state index contributed by atoms with van der Waals surface area (Å²) in [5.74, 6) is 0.977. The molecule has 0 spiro atoms. The highest BCUT2D eigenvalue weighted by Gasteiger charge is 2.35. The van der Waals surface area contributed by atoms with Gasteiger partial charge in [0.1, 0.15) is 23.4 Å². The minimum absolute atomic E-state index is 0.102. The van der Waals surface area contributed by atoms with Crippen LogP contribution in [0.2, 0.25) is 0 Å². The van der Waals surface area contributed by atoms with Crippen LogP contribution in [-0.2, 0) is 11.3 Å². The number of hydrazone groups is 1. The van der Waals surface area contributed by atoms with E-state index in [-0.39, 0.29) is 24.3 Å². The molecule has 1 aromatic heterocycles. The number of methoxy groups -OCH3 is 1. The van der Waals surface area contributed by atoms with Crippen LogP contribution in [0.5, 0.6) is 5.75 Å². The third-order valence-electron chi connectivity index (χ3n) is 5.26. The average molecular weight is 421 g/mol. The number of ether oxygens (including phenoxy) is 1. The molecule has 0 saturated heterocycles. The molecule has 2 heterocycles. The van der Waals surface area contributed by atoms with Crippen molar-refractivity contribution in [2.24, 2.45) is 5.10 Å². The molecule has 2 aromatic carbocycles. The van der Waals surface area contributed by atoms with Gasteiger partial charge in [-0.2, -0.15) is 5.10 Å². The van der Waals surface area contributed by atoms with Gasteiger partial charge >= 0.3 is 0 Å². The monoisotopic (exact) mass is 421 g/mol. The average Bonchev–Trinajstić information content (AvgIpc) is 3.45. The van der Waals surface area contributed by atoms with E-state index in [1.54, 1.807) is 49.6 Å². The van der Waals surface area contributed by atoms with E-state index in [1.807, 2.05) is 30.3 Å². The zero-order chi connectivity index (χ0) is 21.8. The van der Waals surface area contributed by atoms with E-state index in [0.717, 1.165) is 17.0 Å². The van der Waals surface area contributed by atoms with Gasteiger partial charge in [0, 0.05) is 18.5 Å². The zero-order valence-corrected chi connectivity index (χ0v) is 17.5. The number of rotatable bonds is 7.